The van der Waals surface area contributed by atoms with E-state index in [0.29, 0.717) is 25.7 Å². The zero-order valence-electron chi connectivity index (χ0n) is 8.78. The summed E-state index contributed by atoms with van der Waals surface area (Å²) in [5, 5.41) is 9.17. The number of carbonyl (C=O) groups is 2. The molecule has 0 spiro atoms. The first-order valence-electron chi connectivity index (χ1n) is 4.89. The molecule has 4 heteroatoms. The molecule has 0 aliphatic carbocycles. The van der Waals surface area contributed by atoms with Crippen LogP contribution < -0.4 is 0 Å². The van der Waals surface area contributed by atoms with Crippen LogP contribution in [0.5, 0.6) is 0 Å². The SMILES string of the molecule is CCCC(=O)CCCC(O)C(=O)OC. The third-order valence-corrected chi connectivity index (χ3v) is 1.94. The van der Waals surface area contributed by atoms with Crippen molar-refractivity contribution in [3.8, 4) is 0 Å². The lowest BCUT2D eigenvalue weighted by Gasteiger charge is -2.06. The molecule has 0 aliphatic rings. The number of carbonyl (C=O) groups excluding carboxylic acids is 2. The van der Waals surface area contributed by atoms with Gasteiger partial charge in [0.25, 0.3) is 0 Å². The number of ether oxygens (including phenoxy) is 1. The Labute approximate surface area is 84.3 Å². The van der Waals surface area contributed by atoms with Gasteiger partial charge in [-0.3, -0.25) is 4.79 Å². The highest BCUT2D eigenvalue weighted by Gasteiger charge is 2.14. The average molecular weight is 202 g/mol. The highest BCUT2D eigenvalue weighted by atomic mass is 16.5. The van der Waals surface area contributed by atoms with Gasteiger partial charge < -0.3 is 9.84 Å². The molecule has 0 saturated carbocycles. The van der Waals surface area contributed by atoms with E-state index in [1.807, 2.05) is 6.92 Å². The minimum absolute atomic E-state index is 0.185. The van der Waals surface area contributed by atoms with Gasteiger partial charge in [-0.25, -0.2) is 4.79 Å². The number of hydrogen-bond donors (Lipinski definition) is 1. The number of Topliss-reactive ketones (excluding diaryl/α,β-unsaturated/α-hetero) is 1. The largest absolute Gasteiger partial charge is 0.467 e. The maximum atomic E-state index is 11.1. The third kappa shape index (κ3) is 5.70. The van der Waals surface area contributed by atoms with Crippen LogP contribution in [-0.2, 0) is 14.3 Å². The summed E-state index contributed by atoms with van der Waals surface area (Å²) in [6, 6.07) is 0. The third-order valence-electron chi connectivity index (χ3n) is 1.94. The normalized spacial score (nSPS) is 12.2. The van der Waals surface area contributed by atoms with E-state index in [-0.39, 0.29) is 5.78 Å². The lowest BCUT2D eigenvalue weighted by Crippen LogP contribution is -2.21. The molecule has 0 saturated heterocycles. The van der Waals surface area contributed by atoms with Gasteiger partial charge in [-0.1, -0.05) is 6.92 Å². The van der Waals surface area contributed by atoms with Crippen LogP contribution in [0, 0.1) is 0 Å². The summed E-state index contributed by atoms with van der Waals surface area (Å²) in [6.45, 7) is 1.95. The molecular weight excluding hydrogens is 184 g/mol. The predicted octanol–water partition coefficient (Wildman–Crippen LogP) is 1.06. The summed E-state index contributed by atoms with van der Waals surface area (Å²) < 4.78 is 4.34. The van der Waals surface area contributed by atoms with Crippen molar-refractivity contribution in [3.05, 3.63) is 0 Å². The molecule has 0 aromatic carbocycles. The molecule has 82 valence electrons. The molecule has 0 rings (SSSR count). The lowest BCUT2D eigenvalue weighted by atomic mass is 10.1. The monoisotopic (exact) mass is 202 g/mol. The van der Waals surface area contributed by atoms with E-state index in [0.717, 1.165) is 6.42 Å². The summed E-state index contributed by atoms with van der Waals surface area (Å²) >= 11 is 0. The maximum Gasteiger partial charge on any atom is 0.334 e. The van der Waals surface area contributed by atoms with Gasteiger partial charge in [-0.2, -0.15) is 0 Å². The minimum Gasteiger partial charge on any atom is -0.467 e. The molecular formula is C10H18O4. The Kier molecular flexibility index (Phi) is 7.02. The number of esters is 1. The molecule has 1 atom stereocenters. The molecule has 0 heterocycles. The summed E-state index contributed by atoms with van der Waals surface area (Å²) in [4.78, 5) is 21.8. The minimum atomic E-state index is -1.09. The molecule has 1 N–H and O–H groups in total. The standard InChI is InChI=1S/C10H18O4/c1-3-5-8(11)6-4-7-9(12)10(13)14-2/h9,12H,3-7H2,1-2H3. The highest BCUT2D eigenvalue weighted by molar-refractivity contribution is 5.78. The van der Waals surface area contributed by atoms with Gasteiger partial charge in [0.2, 0.25) is 0 Å². The van der Waals surface area contributed by atoms with Crippen molar-refractivity contribution in [1.29, 1.82) is 0 Å². The van der Waals surface area contributed by atoms with Gasteiger partial charge in [0.1, 0.15) is 5.78 Å². The average Bonchev–Trinajstić information content (AvgIpc) is 2.16. The first-order chi connectivity index (χ1) is 6.61. The molecule has 14 heavy (non-hydrogen) atoms. The van der Waals surface area contributed by atoms with E-state index in [4.69, 9.17) is 0 Å². The molecule has 1 unspecified atom stereocenters. The Hall–Kier alpha value is -0.900. The summed E-state index contributed by atoms with van der Waals surface area (Å²) in [6.07, 6.45) is 1.60. The van der Waals surface area contributed by atoms with Crippen LogP contribution in [0.3, 0.4) is 0 Å². The number of hydrogen-bond acceptors (Lipinski definition) is 4. The summed E-state index contributed by atoms with van der Waals surface area (Å²) in [5.74, 6) is -0.447. The van der Waals surface area contributed by atoms with Crippen molar-refractivity contribution < 1.29 is 19.4 Å². The van der Waals surface area contributed by atoms with Crippen molar-refractivity contribution in [2.75, 3.05) is 7.11 Å². The topological polar surface area (TPSA) is 63.6 Å². The van der Waals surface area contributed by atoms with Gasteiger partial charge in [0.15, 0.2) is 6.10 Å². The first kappa shape index (κ1) is 13.1. The number of methoxy groups -OCH3 is 1. The van der Waals surface area contributed by atoms with E-state index < -0.39 is 12.1 Å². The van der Waals surface area contributed by atoms with Crippen molar-refractivity contribution >= 4 is 11.8 Å². The molecule has 0 aromatic rings. The van der Waals surface area contributed by atoms with Crippen LogP contribution in [0.2, 0.25) is 0 Å². The summed E-state index contributed by atoms with van der Waals surface area (Å²) in [5.41, 5.74) is 0. The number of ketones is 1. The maximum absolute atomic E-state index is 11.1. The van der Waals surface area contributed by atoms with Gasteiger partial charge in [0.05, 0.1) is 7.11 Å². The Morgan fingerprint density at radius 2 is 2.00 bits per heavy atom. The quantitative estimate of drug-likeness (QED) is 0.627. The van der Waals surface area contributed by atoms with Crippen molar-refractivity contribution in [2.24, 2.45) is 0 Å². The zero-order valence-corrected chi connectivity index (χ0v) is 8.78. The number of aliphatic hydroxyl groups excluding tert-OH is 1. The van der Waals surface area contributed by atoms with Crippen LogP contribution >= 0.6 is 0 Å². The molecule has 0 fully saturated rings. The molecule has 0 bridgehead atoms. The second-order valence-corrected chi connectivity index (χ2v) is 3.22. The fourth-order valence-corrected chi connectivity index (χ4v) is 1.15. The molecule has 4 nitrogen and oxygen atoms in total. The van der Waals surface area contributed by atoms with Crippen LogP contribution in [0.4, 0.5) is 0 Å². The van der Waals surface area contributed by atoms with Gasteiger partial charge in [0, 0.05) is 12.8 Å². The predicted molar refractivity (Wildman–Crippen MR) is 51.8 cm³/mol. The van der Waals surface area contributed by atoms with Crippen molar-refractivity contribution in [3.63, 3.8) is 0 Å². The second-order valence-electron chi connectivity index (χ2n) is 3.22. The van der Waals surface area contributed by atoms with Crippen LogP contribution in [0.1, 0.15) is 39.0 Å². The second kappa shape index (κ2) is 7.50. The molecule has 0 radical (unpaired) electrons. The molecule has 0 aliphatic heterocycles. The van der Waals surface area contributed by atoms with Gasteiger partial charge >= 0.3 is 5.97 Å². The lowest BCUT2D eigenvalue weighted by molar-refractivity contribution is -0.150. The smallest absolute Gasteiger partial charge is 0.334 e. The van der Waals surface area contributed by atoms with E-state index in [9.17, 15) is 14.7 Å². The first-order valence-corrected chi connectivity index (χ1v) is 4.89. The van der Waals surface area contributed by atoms with Crippen LogP contribution in [-0.4, -0.2) is 30.1 Å². The highest BCUT2D eigenvalue weighted by Crippen LogP contribution is 2.05. The van der Waals surface area contributed by atoms with Gasteiger partial charge in [-0.05, 0) is 19.3 Å². The van der Waals surface area contributed by atoms with E-state index in [1.54, 1.807) is 0 Å². The van der Waals surface area contributed by atoms with E-state index in [2.05, 4.69) is 4.74 Å². The summed E-state index contributed by atoms with van der Waals surface area (Å²) in [7, 11) is 1.23. The fraction of sp³-hybridized carbons (Fsp3) is 0.800. The Morgan fingerprint density at radius 3 is 2.50 bits per heavy atom. The van der Waals surface area contributed by atoms with Crippen molar-refractivity contribution in [2.45, 2.75) is 45.1 Å². The fourth-order valence-electron chi connectivity index (χ4n) is 1.15. The zero-order chi connectivity index (χ0) is 11.0. The van der Waals surface area contributed by atoms with Crippen LogP contribution in [0.25, 0.3) is 0 Å². The molecule has 0 aromatic heterocycles. The Bertz CT molecular complexity index is 189. The van der Waals surface area contributed by atoms with Crippen molar-refractivity contribution in [1.82, 2.24) is 0 Å². The Morgan fingerprint density at radius 1 is 1.36 bits per heavy atom. The van der Waals surface area contributed by atoms with Gasteiger partial charge in [-0.15, -0.1) is 0 Å². The van der Waals surface area contributed by atoms with E-state index >= 15 is 0 Å². The van der Waals surface area contributed by atoms with E-state index in [1.165, 1.54) is 7.11 Å². The molecule has 0 amide bonds. The number of aliphatic hydroxyl groups is 1. The number of rotatable bonds is 7. The Balaban J connectivity index is 3.53. The van der Waals surface area contributed by atoms with Crippen LogP contribution in [0.15, 0.2) is 0 Å².